The summed E-state index contributed by atoms with van der Waals surface area (Å²) in [6.45, 7) is 5.93. The molecule has 0 aliphatic rings. The number of quaternary nitrogens is 1. The van der Waals surface area contributed by atoms with Crippen LogP contribution in [0.25, 0.3) is 0 Å². The van der Waals surface area contributed by atoms with Crippen LogP contribution in [0.4, 0.5) is 0 Å². The number of unbranched alkanes of at least 4 members (excludes halogenated alkanes) is 11. The third kappa shape index (κ3) is 11.8. The van der Waals surface area contributed by atoms with Crippen LogP contribution in [0.2, 0.25) is 0 Å². The summed E-state index contributed by atoms with van der Waals surface area (Å²) in [7, 11) is 4.83. The molecule has 0 saturated carbocycles. The number of hydrogen-bond donors (Lipinski definition) is 0. The van der Waals surface area contributed by atoms with Gasteiger partial charge in [0.05, 0.1) is 20.6 Å². The zero-order valence-corrected chi connectivity index (χ0v) is 19.4. The Kier molecular flexibility index (Phi) is 16.1. The van der Waals surface area contributed by atoms with Crippen molar-refractivity contribution >= 4 is 0 Å². The largest absolute Gasteiger partial charge is 1.00 e. The Bertz CT molecular complexity index is 429. The minimum Gasteiger partial charge on any atom is -1.00 e. The highest BCUT2D eigenvalue weighted by Crippen LogP contribution is 2.28. The molecule has 0 aliphatic heterocycles. The molecule has 1 nitrogen and oxygen atoms in total. The van der Waals surface area contributed by atoms with Gasteiger partial charge in [0.2, 0.25) is 0 Å². The van der Waals surface area contributed by atoms with E-state index in [2.05, 4.69) is 58.3 Å². The van der Waals surface area contributed by atoms with Crippen LogP contribution in [0.5, 0.6) is 0 Å². The molecule has 0 radical (unpaired) electrons. The summed E-state index contributed by atoms with van der Waals surface area (Å²) in [5.74, 6) is 0. The number of nitrogens with zero attached hydrogens (tertiary/aromatic N) is 1. The Labute approximate surface area is 176 Å². The van der Waals surface area contributed by atoms with E-state index in [1.807, 2.05) is 0 Å². The molecule has 0 saturated heterocycles. The van der Waals surface area contributed by atoms with Crippen molar-refractivity contribution in [3.05, 3.63) is 35.9 Å². The quantitative estimate of drug-likeness (QED) is 0.275. The van der Waals surface area contributed by atoms with E-state index in [4.69, 9.17) is 0 Å². The number of hydrogen-bond acceptors (Lipinski definition) is 0. The maximum absolute atomic E-state index is 2.42. The fraction of sp³-hybridized carbons (Fsp3) is 0.760. The van der Waals surface area contributed by atoms with Gasteiger partial charge in [-0.25, -0.2) is 0 Å². The van der Waals surface area contributed by atoms with Crippen molar-refractivity contribution in [2.45, 2.75) is 103 Å². The molecule has 0 N–H and O–H groups in total. The Morgan fingerprint density at radius 1 is 0.667 bits per heavy atom. The number of halogens is 1. The third-order valence-corrected chi connectivity index (χ3v) is 6.00. The fourth-order valence-corrected chi connectivity index (χ4v) is 4.32. The molecule has 0 aromatic heterocycles. The first-order valence-corrected chi connectivity index (χ1v) is 11.5. The molecule has 0 spiro atoms. The number of benzene rings is 1. The molecule has 2 heteroatoms. The maximum atomic E-state index is 2.42. The first kappa shape index (κ1) is 26.5. The molecular weight excluding hydrogens is 350 g/mol. The third-order valence-electron chi connectivity index (χ3n) is 6.00. The lowest BCUT2D eigenvalue weighted by atomic mass is 10.0. The second-order valence-corrected chi connectivity index (χ2v) is 8.73. The molecule has 158 valence electrons. The van der Waals surface area contributed by atoms with E-state index in [9.17, 15) is 0 Å². The zero-order chi connectivity index (χ0) is 19.1. The van der Waals surface area contributed by atoms with Gasteiger partial charge in [-0.2, -0.15) is 0 Å². The Hall–Kier alpha value is -0.530. The van der Waals surface area contributed by atoms with Crippen molar-refractivity contribution in [3.63, 3.8) is 0 Å². The summed E-state index contributed by atoms with van der Waals surface area (Å²) in [6, 6.07) is 11.7. The van der Waals surface area contributed by atoms with E-state index in [-0.39, 0.29) is 12.4 Å². The topological polar surface area (TPSA) is 0 Å². The van der Waals surface area contributed by atoms with Crippen LogP contribution in [0.15, 0.2) is 30.3 Å². The van der Waals surface area contributed by atoms with Crippen LogP contribution in [-0.4, -0.2) is 25.1 Å². The van der Waals surface area contributed by atoms with Gasteiger partial charge < -0.3 is 16.9 Å². The van der Waals surface area contributed by atoms with Crippen molar-refractivity contribution in [2.24, 2.45) is 0 Å². The molecule has 1 aromatic rings. The minimum atomic E-state index is 0. The van der Waals surface area contributed by atoms with E-state index in [0.717, 1.165) is 4.48 Å². The summed E-state index contributed by atoms with van der Waals surface area (Å²) >= 11 is 0. The first-order valence-electron chi connectivity index (χ1n) is 11.5. The van der Waals surface area contributed by atoms with Crippen molar-refractivity contribution < 1.29 is 16.9 Å². The Balaban J connectivity index is 0.00000676. The lowest BCUT2D eigenvalue weighted by Gasteiger charge is -2.38. The molecule has 1 atom stereocenters. The van der Waals surface area contributed by atoms with Crippen LogP contribution < -0.4 is 12.4 Å². The lowest BCUT2D eigenvalue weighted by Crippen LogP contribution is -3.00. The van der Waals surface area contributed by atoms with Crippen LogP contribution in [0, 0.1) is 0 Å². The monoisotopic (exact) mass is 395 g/mol. The molecule has 0 amide bonds. The van der Waals surface area contributed by atoms with Crippen LogP contribution in [0.3, 0.4) is 0 Å². The molecule has 1 rings (SSSR count). The summed E-state index contributed by atoms with van der Waals surface area (Å²) in [4.78, 5) is 0. The fourth-order valence-electron chi connectivity index (χ4n) is 4.32. The molecule has 0 heterocycles. The highest BCUT2D eigenvalue weighted by molar-refractivity contribution is 5.17. The van der Waals surface area contributed by atoms with E-state index in [1.54, 1.807) is 0 Å². The first-order chi connectivity index (χ1) is 12.6. The second-order valence-electron chi connectivity index (χ2n) is 8.73. The summed E-state index contributed by atoms with van der Waals surface area (Å²) in [6.07, 6.45) is 18.4. The minimum absolute atomic E-state index is 0. The standard InChI is InChI=1S/C25H46N.ClH/c1-5-7-8-9-10-11-12-13-14-15-16-20-23-26(3,4)25(6-2)24-21-18-17-19-22-24;/h17-19,21-22,25H,5-16,20,23H2,1-4H3;1H/q+1;/p-1. The van der Waals surface area contributed by atoms with E-state index in [1.165, 1.54) is 95.6 Å². The van der Waals surface area contributed by atoms with Gasteiger partial charge in [0, 0.05) is 12.0 Å². The van der Waals surface area contributed by atoms with Crippen LogP contribution >= 0.6 is 0 Å². The molecule has 27 heavy (non-hydrogen) atoms. The van der Waals surface area contributed by atoms with Gasteiger partial charge in [-0.05, 0) is 12.8 Å². The van der Waals surface area contributed by atoms with Crippen molar-refractivity contribution in [3.8, 4) is 0 Å². The highest BCUT2D eigenvalue weighted by atomic mass is 35.5. The smallest absolute Gasteiger partial charge is 0.114 e. The van der Waals surface area contributed by atoms with Gasteiger partial charge >= 0.3 is 0 Å². The predicted molar refractivity (Wildman–Crippen MR) is 118 cm³/mol. The predicted octanol–water partition coefficient (Wildman–Crippen LogP) is 4.92. The second kappa shape index (κ2) is 16.4. The van der Waals surface area contributed by atoms with E-state index >= 15 is 0 Å². The molecule has 0 aliphatic carbocycles. The summed E-state index contributed by atoms with van der Waals surface area (Å²) in [5, 5.41) is 0. The lowest BCUT2D eigenvalue weighted by molar-refractivity contribution is -0.921. The van der Waals surface area contributed by atoms with Gasteiger partial charge in [0.25, 0.3) is 0 Å². The average Bonchev–Trinajstić information content (AvgIpc) is 2.64. The summed E-state index contributed by atoms with van der Waals surface area (Å²) < 4.78 is 1.12. The maximum Gasteiger partial charge on any atom is 0.114 e. The van der Waals surface area contributed by atoms with Gasteiger partial charge in [-0.15, -0.1) is 0 Å². The number of rotatable bonds is 16. The van der Waals surface area contributed by atoms with Crippen molar-refractivity contribution in [1.29, 1.82) is 0 Å². The van der Waals surface area contributed by atoms with Crippen LogP contribution in [-0.2, 0) is 0 Å². The Morgan fingerprint density at radius 3 is 1.56 bits per heavy atom. The van der Waals surface area contributed by atoms with E-state index < -0.39 is 0 Å². The van der Waals surface area contributed by atoms with Gasteiger partial charge in [-0.3, -0.25) is 0 Å². The van der Waals surface area contributed by atoms with Crippen LogP contribution in [0.1, 0.15) is 109 Å². The SMILES string of the molecule is CCCCCCCCCCCCCC[N+](C)(C)C(CC)c1ccccc1.[Cl-]. The molecule has 1 unspecified atom stereocenters. The summed E-state index contributed by atoms with van der Waals surface area (Å²) in [5.41, 5.74) is 1.50. The molecular formula is C25H46ClN. The van der Waals surface area contributed by atoms with E-state index in [0.29, 0.717) is 6.04 Å². The average molecular weight is 396 g/mol. The highest BCUT2D eigenvalue weighted by Gasteiger charge is 2.27. The molecule has 1 aromatic carbocycles. The Morgan fingerprint density at radius 2 is 1.11 bits per heavy atom. The van der Waals surface area contributed by atoms with Crippen molar-refractivity contribution in [2.75, 3.05) is 20.6 Å². The zero-order valence-electron chi connectivity index (χ0n) is 18.7. The normalized spacial score (nSPS) is 12.6. The van der Waals surface area contributed by atoms with Gasteiger partial charge in [-0.1, -0.05) is 108 Å². The molecule has 0 bridgehead atoms. The van der Waals surface area contributed by atoms with Gasteiger partial charge in [0.15, 0.2) is 0 Å². The van der Waals surface area contributed by atoms with Crippen molar-refractivity contribution in [1.82, 2.24) is 0 Å². The van der Waals surface area contributed by atoms with Gasteiger partial charge in [0.1, 0.15) is 6.04 Å². The molecule has 0 fully saturated rings.